The van der Waals surface area contributed by atoms with Crippen LogP contribution in [0.3, 0.4) is 0 Å². The SMILES string of the molecule is Cc1cc(C)cc(N2C(=O)NC(=O)/C(=C\c3cc(Cl)c(OCc4ccc(Cl)cc4)c(Cl)c3)C2=O)c1. The molecule has 3 aromatic carbocycles. The molecule has 0 unspecified atom stereocenters. The number of hydrogen-bond donors (Lipinski definition) is 1. The van der Waals surface area contributed by atoms with Crippen LogP contribution in [-0.2, 0) is 16.2 Å². The van der Waals surface area contributed by atoms with E-state index >= 15 is 0 Å². The van der Waals surface area contributed by atoms with Crippen molar-refractivity contribution in [2.45, 2.75) is 20.5 Å². The highest BCUT2D eigenvalue weighted by atomic mass is 35.5. The summed E-state index contributed by atoms with van der Waals surface area (Å²) in [6, 6.07) is 14.7. The van der Waals surface area contributed by atoms with Gasteiger partial charge in [0.15, 0.2) is 5.75 Å². The molecule has 4 amide bonds. The molecule has 0 aromatic heterocycles. The number of barbiturate groups is 1. The van der Waals surface area contributed by atoms with E-state index in [1.165, 1.54) is 18.2 Å². The Bertz CT molecular complexity index is 1340. The van der Waals surface area contributed by atoms with Crippen LogP contribution < -0.4 is 15.0 Å². The van der Waals surface area contributed by atoms with Crippen LogP contribution in [0.15, 0.2) is 60.2 Å². The van der Waals surface area contributed by atoms with Crippen molar-refractivity contribution in [3.63, 3.8) is 0 Å². The summed E-state index contributed by atoms with van der Waals surface area (Å²) in [5.41, 5.74) is 3.14. The van der Waals surface area contributed by atoms with Crippen molar-refractivity contribution >= 4 is 64.4 Å². The van der Waals surface area contributed by atoms with Gasteiger partial charge in [-0.1, -0.05) is 53.0 Å². The number of ether oxygens (including phenoxy) is 1. The number of nitrogens with one attached hydrogen (secondary N) is 1. The van der Waals surface area contributed by atoms with Gasteiger partial charge in [-0.3, -0.25) is 14.9 Å². The molecule has 35 heavy (non-hydrogen) atoms. The molecule has 0 saturated carbocycles. The Kier molecular flexibility index (Phi) is 7.17. The second-order valence-corrected chi connectivity index (χ2v) is 9.28. The average molecular weight is 530 g/mol. The van der Waals surface area contributed by atoms with Gasteiger partial charge in [0.1, 0.15) is 12.2 Å². The number of benzene rings is 3. The molecule has 1 aliphatic rings. The predicted molar refractivity (Wildman–Crippen MR) is 137 cm³/mol. The topological polar surface area (TPSA) is 75.7 Å². The second-order valence-electron chi connectivity index (χ2n) is 8.03. The zero-order chi connectivity index (χ0) is 25.3. The molecule has 1 fully saturated rings. The molecule has 4 rings (SSSR count). The van der Waals surface area contributed by atoms with Crippen LogP contribution in [0.25, 0.3) is 6.08 Å². The highest BCUT2D eigenvalue weighted by molar-refractivity contribution is 6.40. The molecule has 1 saturated heterocycles. The van der Waals surface area contributed by atoms with E-state index in [0.29, 0.717) is 16.3 Å². The number of aryl methyl sites for hydroxylation is 2. The van der Waals surface area contributed by atoms with E-state index in [1.54, 1.807) is 24.3 Å². The van der Waals surface area contributed by atoms with Crippen molar-refractivity contribution in [1.82, 2.24) is 5.32 Å². The monoisotopic (exact) mass is 528 g/mol. The maximum atomic E-state index is 13.2. The van der Waals surface area contributed by atoms with Crippen molar-refractivity contribution in [2.24, 2.45) is 0 Å². The fourth-order valence-corrected chi connectivity index (χ4v) is 4.41. The number of urea groups is 1. The Morgan fingerprint density at radius 2 is 1.49 bits per heavy atom. The van der Waals surface area contributed by atoms with Crippen molar-refractivity contribution in [2.75, 3.05) is 4.90 Å². The van der Waals surface area contributed by atoms with E-state index < -0.39 is 17.8 Å². The lowest BCUT2D eigenvalue weighted by molar-refractivity contribution is -0.122. The quantitative estimate of drug-likeness (QED) is 0.302. The predicted octanol–water partition coefficient (Wildman–Crippen LogP) is 6.51. The number of imide groups is 2. The number of nitrogens with zero attached hydrogens (tertiary/aromatic N) is 1. The van der Waals surface area contributed by atoms with E-state index in [2.05, 4.69) is 5.32 Å². The van der Waals surface area contributed by atoms with Gasteiger partial charge in [0.25, 0.3) is 11.8 Å². The van der Waals surface area contributed by atoms with Crippen LogP contribution in [0.1, 0.15) is 22.3 Å². The maximum Gasteiger partial charge on any atom is 0.335 e. The van der Waals surface area contributed by atoms with Gasteiger partial charge in [0, 0.05) is 5.02 Å². The van der Waals surface area contributed by atoms with E-state index in [0.717, 1.165) is 21.6 Å². The summed E-state index contributed by atoms with van der Waals surface area (Å²) in [6.07, 6.45) is 1.33. The van der Waals surface area contributed by atoms with Crippen LogP contribution >= 0.6 is 34.8 Å². The first kappa shape index (κ1) is 24.8. The lowest BCUT2D eigenvalue weighted by Crippen LogP contribution is -2.54. The fourth-order valence-electron chi connectivity index (χ4n) is 3.68. The summed E-state index contributed by atoms with van der Waals surface area (Å²) in [4.78, 5) is 39.1. The molecule has 0 aliphatic carbocycles. The van der Waals surface area contributed by atoms with Crippen LogP contribution in [-0.4, -0.2) is 17.8 Å². The molecule has 6 nitrogen and oxygen atoms in total. The summed E-state index contributed by atoms with van der Waals surface area (Å²) in [5, 5.41) is 3.22. The first-order chi connectivity index (χ1) is 16.6. The van der Waals surface area contributed by atoms with E-state index in [1.807, 2.05) is 32.0 Å². The van der Waals surface area contributed by atoms with Crippen molar-refractivity contribution in [1.29, 1.82) is 0 Å². The van der Waals surface area contributed by atoms with Gasteiger partial charge in [-0.25, -0.2) is 9.69 Å². The third-order valence-electron chi connectivity index (χ3n) is 5.19. The van der Waals surface area contributed by atoms with Crippen molar-refractivity contribution in [3.8, 4) is 5.75 Å². The minimum absolute atomic E-state index is 0.198. The van der Waals surface area contributed by atoms with Gasteiger partial charge in [0.05, 0.1) is 15.7 Å². The van der Waals surface area contributed by atoms with Gasteiger partial charge < -0.3 is 4.74 Å². The maximum absolute atomic E-state index is 13.2. The summed E-state index contributed by atoms with van der Waals surface area (Å²) < 4.78 is 5.77. The molecule has 1 heterocycles. The van der Waals surface area contributed by atoms with Crippen molar-refractivity contribution in [3.05, 3.63) is 97.5 Å². The summed E-state index contributed by atoms with van der Waals surface area (Å²) in [7, 11) is 0. The normalized spacial score (nSPS) is 14.9. The van der Waals surface area contributed by atoms with Crippen LogP contribution in [0.2, 0.25) is 15.1 Å². The lowest BCUT2D eigenvalue weighted by atomic mass is 10.1. The number of carbonyl (C=O) groups is 3. The number of carbonyl (C=O) groups excluding carboxylic acids is 3. The smallest absolute Gasteiger partial charge is 0.335 e. The molecular weight excluding hydrogens is 511 g/mol. The second kappa shape index (κ2) is 10.1. The number of halogens is 3. The van der Waals surface area contributed by atoms with Crippen LogP contribution in [0.5, 0.6) is 5.75 Å². The van der Waals surface area contributed by atoms with Gasteiger partial charge in [0.2, 0.25) is 0 Å². The Labute approximate surface area is 217 Å². The standard InChI is InChI=1S/C26H19Cl3N2O4/c1-14-7-15(2)9-19(8-14)31-25(33)20(24(32)30-26(31)34)10-17-11-21(28)23(22(29)12-17)35-13-16-3-5-18(27)6-4-16/h3-12H,13H2,1-2H3,(H,30,32,34)/b20-10+. The van der Waals surface area contributed by atoms with Crippen molar-refractivity contribution < 1.29 is 19.1 Å². The molecular formula is C26H19Cl3N2O4. The summed E-state index contributed by atoms with van der Waals surface area (Å²) in [5.74, 6) is -1.30. The molecule has 0 atom stereocenters. The molecule has 0 bridgehead atoms. The number of rotatable bonds is 5. The largest absolute Gasteiger partial charge is 0.486 e. The van der Waals surface area contributed by atoms with Crippen LogP contribution in [0, 0.1) is 13.8 Å². The van der Waals surface area contributed by atoms with Gasteiger partial charge in [-0.15, -0.1) is 0 Å². The number of hydrogen-bond acceptors (Lipinski definition) is 4. The minimum atomic E-state index is -0.816. The Morgan fingerprint density at radius 1 is 0.886 bits per heavy atom. The number of amides is 4. The lowest BCUT2D eigenvalue weighted by Gasteiger charge is -2.27. The molecule has 1 N–H and O–H groups in total. The summed E-state index contributed by atoms with van der Waals surface area (Å²) in [6.45, 7) is 3.92. The van der Waals surface area contributed by atoms with E-state index in [-0.39, 0.29) is 28.0 Å². The molecule has 0 spiro atoms. The Morgan fingerprint density at radius 3 is 2.09 bits per heavy atom. The molecule has 3 aromatic rings. The molecule has 0 radical (unpaired) electrons. The minimum Gasteiger partial charge on any atom is -0.486 e. The van der Waals surface area contributed by atoms with Crippen LogP contribution in [0.4, 0.5) is 10.5 Å². The third-order valence-corrected chi connectivity index (χ3v) is 6.01. The van der Waals surface area contributed by atoms with E-state index in [4.69, 9.17) is 39.5 Å². The zero-order valence-electron chi connectivity index (χ0n) is 18.7. The molecule has 178 valence electrons. The van der Waals surface area contributed by atoms with E-state index in [9.17, 15) is 14.4 Å². The first-order valence-corrected chi connectivity index (χ1v) is 11.6. The zero-order valence-corrected chi connectivity index (χ0v) is 21.0. The number of anilines is 1. The first-order valence-electron chi connectivity index (χ1n) is 10.5. The highest BCUT2D eigenvalue weighted by Gasteiger charge is 2.37. The Balaban J connectivity index is 1.62. The van der Waals surface area contributed by atoms with Gasteiger partial charge in [-0.2, -0.15) is 0 Å². The Hall–Kier alpha value is -3.32. The third kappa shape index (κ3) is 5.51. The fraction of sp³-hybridized carbons (Fsp3) is 0.115. The van der Waals surface area contributed by atoms with Gasteiger partial charge in [-0.05, 0) is 78.6 Å². The highest BCUT2D eigenvalue weighted by Crippen LogP contribution is 2.36. The van der Waals surface area contributed by atoms with Gasteiger partial charge >= 0.3 is 6.03 Å². The molecule has 1 aliphatic heterocycles. The average Bonchev–Trinajstić information content (AvgIpc) is 2.76. The molecule has 9 heteroatoms. The summed E-state index contributed by atoms with van der Waals surface area (Å²) >= 11 is 18.7.